The molecule has 1 amide bonds. The Labute approximate surface area is 158 Å². The summed E-state index contributed by atoms with van der Waals surface area (Å²) in [5, 5.41) is 2.91. The Morgan fingerprint density at radius 3 is 2.63 bits per heavy atom. The number of carbonyl (C=O) groups is 1. The Bertz CT molecular complexity index is 980. The van der Waals surface area contributed by atoms with Crippen molar-refractivity contribution in [3.8, 4) is 0 Å². The van der Waals surface area contributed by atoms with Gasteiger partial charge in [0.05, 0.1) is 6.54 Å². The number of anilines is 2. The van der Waals surface area contributed by atoms with Crippen LogP contribution < -0.4 is 15.9 Å². The van der Waals surface area contributed by atoms with E-state index >= 15 is 0 Å². The lowest BCUT2D eigenvalue weighted by Gasteiger charge is -2.16. The molecule has 0 aliphatic carbocycles. The maximum Gasteiger partial charge on any atom is 0.347 e. The molecule has 6 heteroatoms. The Hall–Kier alpha value is -3.41. The molecule has 0 aliphatic rings. The van der Waals surface area contributed by atoms with Gasteiger partial charge in [0.1, 0.15) is 0 Å². The third kappa shape index (κ3) is 4.61. The molecule has 0 aliphatic heterocycles. The second-order valence-corrected chi connectivity index (χ2v) is 6.25. The zero-order chi connectivity index (χ0) is 19.2. The number of rotatable bonds is 6. The first-order valence-electron chi connectivity index (χ1n) is 8.80. The van der Waals surface area contributed by atoms with Gasteiger partial charge >= 0.3 is 5.69 Å². The van der Waals surface area contributed by atoms with Gasteiger partial charge in [-0.25, -0.2) is 9.78 Å². The maximum atomic E-state index is 12.5. The number of nitrogens with one attached hydrogen (secondary N) is 1. The topological polar surface area (TPSA) is 67.2 Å². The number of hydrogen-bond donors (Lipinski definition) is 1. The highest BCUT2D eigenvalue weighted by Gasteiger charge is 2.08. The second kappa shape index (κ2) is 8.31. The minimum Gasteiger partial charge on any atom is -0.375 e. The van der Waals surface area contributed by atoms with Crippen LogP contribution in [0.25, 0.3) is 0 Å². The zero-order valence-electron chi connectivity index (χ0n) is 15.4. The van der Waals surface area contributed by atoms with E-state index in [2.05, 4.69) is 22.1 Å². The van der Waals surface area contributed by atoms with Gasteiger partial charge in [0.25, 0.3) is 5.91 Å². The van der Waals surface area contributed by atoms with E-state index < -0.39 is 0 Å². The molecule has 0 saturated heterocycles. The highest BCUT2D eigenvalue weighted by atomic mass is 16.2. The summed E-state index contributed by atoms with van der Waals surface area (Å²) >= 11 is 0. The molecule has 3 aromatic rings. The van der Waals surface area contributed by atoms with Crippen molar-refractivity contribution in [2.75, 3.05) is 23.8 Å². The summed E-state index contributed by atoms with van der Waals surface area (Å²) in [6, 6.07) is 16.7. The van der Waals surface area contributed by atoms with E-state index in [9.17, 15) is 9.59 Å². The van der Waals surface area contributed by atoms with E-state index in [0.29, 0.717) is 17.8 Å². The van der Waals surface area contributed by atoms with Crippen molar-refractivity contribution >= 4 is 17.3 Å². The van der Waals surface area contributed by atoms with Crippen LogP contribution in [0.3, 0.4) is 0 Å². The van der Waals surface area contributed by atoms with Gasteiger partial charge in [-0.1, -0.05) is 12.1 Å². The average Bonchev–Trinajstić information content (AvgIpc) is 2.69. The molecule has 0 spiro atoms. The fourth-order valence-corrected chi connectivity index (χ4v) is 2.70. The van der Waals surface area contributed by atoms with Gasteiger partial charge in [0.2, 0.25) is 0 Å². The molecule has 0 unspecified atom stereocenters. The Kier molecular flexibility index (Phi) is 5.66. The number of benzene rings is 2. The second-order valence-electron chi connectivity index (χ2n) is 6.25. The fourth-order valence-electron chi connectivity index (χ4n) is 2.70. The van der Waals surface area contributed by atoms with E-state index in [-0.39, 0.29) is 11.6 Å². The summed E-state index contributed by atoms with van der Waals surface area (Å²) in [5.41, 5.74) is 2.95. The van der Waals surface area contributed by atoms with Crippen LogP contribution >= 0.6 is 0 Å². The summed E-state index contributed by atoms with van der Waals surface area (Å²) in [4.78, 5) is 30.1. The molecule has 0 bridgehead atoms. The molecule has 27 heavy (non-hydrogen) atoms. The number of amides is 1. The molecule has 1 aromatic heterocycles. The van der Waals surface area contributed by atoms with Gasteiger partial charge in [0, 0.05) is 42.9 Å². The molecule has 1 N–H and O–H groups in total. The van der Waals surface area contributed by atoms with Crippen molar-refractivity contribution in [1.82, 2.24) is 9.55 Å². The monoisotopic (exact) mass is 362 g/mol. The van der Waals surface area contributed by atoms with Gasteiger partial charge < -0.3 is 10.2 Å². The largest absolute Gasteiger partial charge is 0.375 e. The Morgan fingerprint density at radius 2 is 1.93 bits per heavy atom. The molecule has 138 valence electrons. The minimum atomic E-state index is -0.302. The van der Waals surface area contributed by atoms with Crippen LogP contribution in [-0.4, -0.2) is 29.1 Å². The van der Waals surface area contributed by atoms with Gasteiger partial charge in [-0.2, -0.15) is 0 Å². The molecule has 0 radical (unpaired) electrons. The summed E-state index contributed by atoms with van der Waals surface area (Å²) in [7, 11) is 2.01. The van der Waals surface area contributed by atoms with Crippen LogP contribution in [0.1, 0.15) is 22.8 Å². The lowest BCUT2D eigenvalue weighted by atomic mass is 10.1. The molecule has 0 saturated carbocycles. The van der Waals surface area contributed by atoms with Crippen molar-refractivity contribution in [3.63, 3.8) is 0 Å². The number of aromatic nitrogens is 2. The summed E-state index contributed by atoms with van der Waals surface area (Å²) in [6.45, 7) is 3.37. The molecular weight excluding hydrogens is 340 g/mol. The highest BCUT2D eigenvalue weighted by molar-refractivity contribution is 6.04. The lowest BCUT2D eigenvalue weighted by molar-refractivity contribution is 0.102. The zero-order valence-corrected chi connectivity index (χ0v) is 15.4. The van der Waals surface area contributed by atoms with Gasteiger partial charge in [-0.15, -0.1) is 0 Å². The third-order valence-corrected chi connectivity index (χ3v) is 4.37. The fraction of sp³-hybridized carbons (Fsp3) is 0.190. The van der Waals surface area contributed by atoms with Crippen LogP contribution in [0.5, 0.6) is 0 Å². The van der Waals surface area contributed by atoms with Crippen molar-refractivity contribution in [3.05, 3.63) is 88.6 Å². The van der Waals surface area contributed by atoms with Gasteiger partial charge in [-0.3, -0.25) is 9.36 Å². The molecular formula is C21H22N4O2. The smallest absolute Gasteiger partial charge is 0.347 e. The van der Waals surface area contributed by atoms with Crippen molar-refractivity contribution in [2.24, 2.45) is 0 Å². The lowest BCUT2D eigenvalue weighted by Crippen LogP contribution is -2.22. The van der Waals surface area contributed by atoms with E-state index in [1.807, 2.05) is 55.6 Å². The van der Waals surface area contributed by atoms with Crippen LogP contribution in [-0.2, 0) is 6.54 Å². The van der Waals surface area contributed by atoms with Crippen molar-refractivity contribution in [1.29, 1.82) is 0 Å². The van der Waals surface area contributed by atoms with Gasteiger partial charge in [-0.05, 0) is 55.0 Å². The Balaban J connectivity index is 1.71. The number of carbonyl (C=O) groups excluding carboxylic acids is 1. The van der Waals surface area contributed by atoms with Crippen LogP contribution in [0.15, 0.2) is 71.8 Å². The molecule has 2 aromatic carbocycles. The van der Waals surface area contributed by atoms with E-state index in [1.165, 1.54) is 10.8 Å². The standard InChI is InChI=1S/C21H22N4O2/c1-3-24(2)19-10-8-17(9-11-19)20(26)23-18-7-4-6-16(14-18)15-25-13-5-12-22-21(25)27/h4-14H,3,15H2,1-2H3,(H,23,26). The van der Waals surface area contributed by atoms with Gasteiger partial charge in [0.15, 0.2) is 0 Å². The van der Waals surface area contributed by atoms with E-state index in [4.69, 9.17) is 0 Å². The first-order valence-corrected chi connectivity index (χ1v) is 8.80. The highest BCUT2D eigenvalue weighted by Crippen LogP contribution is 2.16. The van der Waals surface area contributed by atoms with Crippen molar-refractivity contribution in [2.45, 2.75) is 13.5 Å². The quantitative estimate of drug-likeness (QED) is 0.732. The SMILES string of the molecule is CCN(C)c1ccc(C(=O)Nc2cccc(Cn3cccnc3=O)c2)cc1. The predicted octanol–water partition coefficient (Wildman–Crippen LogP) is 3.00. The average molecular weight is 362 g/mol. The number of hydrogen-bond acceptors (Lipinski definition) is 4. The van der Waals surface area contributed by atoms with E-state index in [0.717, 1.165) is 17.8 Å². The van der Waals surface area contributed by atoms with Crippen molar-refractivity contribution < 1.29 is 4.79 Å². The van der Waals surface area contributed by atoms with Crippen LogP contribution in [0.2, 0.25) is 0 Å². The first kappa shape index (κ1) is 18.4. The maximum absolute atomic E-state index is 12.5. The molecule has 0 atom stereocenters. The summed E-state index contributed by atoms with van der Waals surface area (Å²) in [5.74, 6) is -0.170. The van der Waals surface area contributed by atoms with Crippen LogP contribution in [0, 0.1) is 0 Å². The predicted molar refractivity (Wildman–Crippen MR) is 107 cm³/mol. The normalized spacial score (nSPS) is 10.4. The number of nitrogens with zero attached hydrogens (tertiary/aromatic N) is 3. The van der Waals surface area contributed by atoms with Crippen LogP contribution in [0.4, 0.5) is 11.4 Å². The molecule has 3 rings (SSSR count). The van der Waals surface area contributed by atoms with E-state index in [1.54, 1.807) is 12.3 Å². The molecule has 1 heterocycles. The Morgan fingerprint density at radius 1 is 1.15 bits per heavy atom. The molecule has 6 nitrogen and oxygen atoms in total. The third-order valence-electron chi connectivity index (χ3n) is 4.37. The first-order chi connectivity index (χ1) is 13.1. The minimum absolute atomic E-state index is 0.170. The molecule has 0 fully saturated rings. The summed E-state index contributed by atoms with van der Waals surface area (Å²) < 4.78 is 1.52. The summed E-state index contributed by atoms with van der Waals surface area (Å²) in [6.07, 6.45) is 3.16.